The Morgan fingerprint density at radius 3 is 2.43 bits per heavy atom. The normalized spacial score (nSPS) is 11.6. The predicted octanol–water partition coefficient (Wildman–Crippen LogP) is 4.58. The number of benzene rings is 2. The van der Waals surface area contributed by atoms with Crippen LogP contribution in [0.15, 0.2) is 42.5 Å². The first-order chi connectivity index (χ1) is 13.4. The molecule has 5 nitrogen and oxygen atoms in total. The SMILES string of the molecule is CC[C@H](C(=O)NC)N(Cc1ccccc1Cl)C(=O)COc1ccc(Cl)cc1Cl. The fourth-order valence-electron chi connectivity index (χ4n) is 2.71. The summed E-state index contributed by atoms with van der Waals surface area (Å²) in [5.74, 6) is -0.279. The number of amides is 2. The van der Waals surface area contributed by atoms with Gasteiger partial charge in [0.1, 0.15) is 11.8 Å². The first-order valence-corrected chi connectivity index (χ1v) is 9.83. The summed E-state index contributed by atoms with van der Waals surface area (Å²) in [6.45, 7) is 1.74. The van der Waals surface area contributed by atoms with Gasteiger partial charge in [-0.2, -0.15) is 0 Å². The second kappa shape index (κ2) is 10.6. The summed E-state index contributed by atoms with van der Waals surface area (Å²) in [7, 11) is 1.53. The van der Waals surface area contributed by atoms with Crippen molar-refractivity contribution in [3.05, 3.63) is 63.1 Å². The fourth-order valence-corrected chi connectivity index (χ4v) is 3.37. The zero-order valence-corrected chi connectivity index (χ0v) is 17.8. The average Bonchev–Trinajstić information content (AvgIpc) is 2.68. The molecule has 0 aliphatic heterocycles. The second-order valence-electron chi connectivity index (χ2n) is 6.01. The smallest absolute Gasteiger partial charge is 0.261 e. The molecule has 0 radical (unpaired) electrons. The monoisotopic (exact) mass is 442 g/mol. The van der Waals surface area contributed by atoms with Gasteiger partial charge in [0.2, 0.25) is 5.91 Å². The van der Waals surface area contributed by atoms with Gasteiger partial charge in [-0.1, -0.05) is 59.9 Å². The molecule has 0 aliphatic carbocycles. The molecular weight excluding hydrogens is 423 g/mol. The molecule has 0 unspecified atom stereocenters. The lowest BCUT2D eigenvalue weighted by molar-refractivity contribution is -0.142. The van der Waals surface area contributed by atoms with E-state index < -0.39 is 6.04 Å². The third-order valence-corrected chi connectivity index (χ3v) is 5.08. The van der Waals surface area contributed by atoms with E-state index in [1.807, 2.05) is 19.1 Å². The Hall–Kier alpha value is -1.95. The highest BCUT2D eigenvalue weighted by atomic mass is 35.5. The largest absolute Gasteiger partial charge is 0.482 e. The number of hydrogen-bond donors (Lipinski definition) is 1. The molecule has 0 saturated heterocycles. The van der Waals surface area contributed by atoms with Crippen molar-refractivity contribution in [2.24, 2.45) is 0 Å². The van der Waals surface area contributed by atoms with Crippen LogP contribution in [0.4, 0.5) is 0 Å². The number of halogens is 3. The molecule has 150 valence electrons. The maximum atomic E-state index is 12.9. The molecule has 1 N–H and O–H groups in total. The molecule has 0 aliphatic rings. The molecular formula is C20H21Cl3N2O3. The highest BCUT2D eigenvalue weighted by Crippen LogP contribution is 2.27. The van der Waals surface area contributed by atoms with Crippen molar-refractivity contribution in [2.45, 2.75) is 25.9 Å². The zero-order chi connectivity index (χ0) is 20.7. The summed E-state index contributed by atoms with van der Waals surface area (Å²) >= 11 is 18.2. The van der Waals surface area contributed by atoms with E-state index in [0.29, 0.717) is 27.2 Å². The van der Waals surface area contributed by atoms with Crippen LogP contribution in [0.3, 0.4) is 0 Å². The van der Waals surface area contributed by atoms with Crippen LogP contribution in [0, 0.1) is 0 Å². The minimum absolute atomic E-state index is 0.183. The van der Waals surface area contributed by atoms with E-state index in [2.05, 4.69) is 5.32 Å². The topological polar surface area (TPSA) is 58.6 Å². The van der Waals surface area contributed by atoms with E-state index >= 15 is 0 Å². The number of nitrogens with zero attached hydrogens (tertiary/aromatic N) is 1. The Balaban J connectivity index is 2.22. The van der Waals surface area contributed by atoms with Gasteiger partial charge in [-0.3, -0.25) is 9.59 Å². The standard InChI is InChI=1S/C20H21Cl3N2O3/c1-3-17(20(27)24-2)25(11-13-6-4-5-7-15(13)22)19(26)12-28-18-9-8-14(21)10-16(18)23/h4-10,17H,3,11-12H2,1-2H3,(H,24,27)/t17-/m1/s1. The number of hydrogen-bond acceptors (Lipinski definition) is 3. The highest BCUT2D eigenvalue weighted by molar-refractivity contribution is 6.35. The molecule has 2 amide bonds. The van der Waals surface area contributed by atoms with Crippen LogP contribution in [0.2, 0.25) is 15.1 Å². The van der Waals surface area contributed by atoms with Crippen molar-refractivity contribution in [1.82, 2.24) is 10.2 Å². The highest BCUT2D eigenvalue weighted by Gasteiger charge is 2.28. The zero-order valence-electron chi connectivity index (χ0n) is 15.5. The molecule has 0 aromatic heterocycles. The van der Waals surface area contributed by atoms with Gasteiger partial charge in [0.15, 0.2) is 6.61 Å². The Morgan fingerprint density at radius 2 is 1.82 bits per heavy atom. The first kappa shape index (κ1) is 22.3. The third-order valence-electron chi connectivity index (χ3n) is 4.18. The summed E-state index contributed by atoms with van der Waals surface area (Å²) < 4.78 is 5.56. The van der Waals surface area contributed by atoms with Gasteiger partial charge in [0.25, 0.3) is 5.91 Å². The molecule has 0 bridgehead atoms. The van der Waals surface area contributed by atoms with Crippen molar-refractivity contribution in [2.75, 3.05) is 13.7 Å². The van der Waals surface area contributed by atoms with Crippen molar-refractivity contribution in [1.29, 1.82) is 0 Å². The summed E-state index contributed by atoms with van der Waals surface area (Å²) in [6, 6.07) is 11.3. The molecule has 0 fully saturated rings. The van der Waals surface area contributed by atoms with Crippen LogP contribution >= 0.6 is 34.8 Å². The molecule has 0 spiro atoms. The molecule has 0 heterocycles. The molecule has 8 heteroatoms. The Bertz CT molecular complexity index is 845. The lowest BCUT2D eigenvalue weighted by Crippen LogP contribution is -2.49. The number of rotatable bonds is 8. The Labute approximate surface area is 179 Å². The number of ether oxygens (including phenoxy) is 1. The lowest BCUT2D eigenvalue weighted by atomic mass is 10.1. The summed E-state index contributed by atoms with van der Waals surface area (Å²) in [5, 5.41) is 3.89. The van der Waals surface area contributed by atoms with Gasteiger partial charge in [0, 0.05) is 23.6 Å². The lowest BCUT2D eigenvalue weighted by Gasteiger charge is -2.30. The second-order valence-corrected chi connectivity index (χ2v) is 7.27. The van der Waals surface area contributed by atoms with Gasteiger partial charge >= 0.3 is 0 Å². The van der Waals surface area contributed by atoms with Crippen LogP contribution in [0.1, 0.15) is 18.9 Å². The predicted molar refractivity (Wildman–Crippen MR) is 112 cm³/mol. The van der Waals surface area contributed by atoms with Gasteiger partial charge in [0.05, 0.1) is 5.02 Å². The Kier molecular flexibility index (Phi) is 8.42. The maximum Gasteiger partial charge on any atom is 0.261 e. The first-order valence-electron chi connectivity index (χ1n) is 8.69. The quantitative estimate of drug-likeness (QED) is 0.650. The van der Waals surface area contributed by atoms with Gasteiger partial charge in [-0.25, -0.2) is 0 Å². The van der Waals surface area contributed by atoms with Gasteiger partial charge in [-0.15, -0.1) is 0 Å². The van der Waals surface area contributed by atoms with E-state index in [9.17, 15) is 9.59 Å². The molecule has 2 aromatic carbocycles. The van der Waals surface area contributed by atoms with Gasteiger partial charge in [-0.05, 0) is 36.2 Å². The maximum absolute atomic E-state index is 12.9. The van der Waals surface area contributed by atoms with Crippen LogP contribution in [0.25, 0.3) is 0 Å². The van der Waals surface area contributed by atoms with Gasteiger partial charge < -0.3 is 15.0 Å². The van der Waals surface area contributed by atoms with E-state index in [0.717, 1.165) is 5.56 Å². The number of carbonyl (C=O) groups excluding carboxylic acids is 2. The van der Waals surface area contributed by atoms with E-state index in [1.165, 1.54) is 18.0 Å². The van der Waals surface area contributed by atoms with Crippen LogP contribution in [0.5, 0.6) is 5.75 Å². The number of carbonyl (C=O) groups is 2. The van der Waals surface area contributed by atoms with Crippen LogP contribution < -0.4 is 10.1 Å². The molecule has 0 saturated carbocycles. The summed E-state index contributed by atoms with van der Waals surface area (Å²) in [5.41, 5.74) is 0.740. The minimum atomic E-state index is -0.655. The van der Waals surface area contributed by atoms with Crippen molar-refractivity contribution < 1.29 is 14.3 Å². The van der Waals surface area contributed by atoms with E-state index in [4.69, 9.17) is 39.5 Å². The van der Waals surface area contributed by atoms with E-state index in [1.54, 1.807) is 24.3 Å². The van der Waals surface area contributed by atoms with Crippen molar-refractivity contribution in [3.63, 3.8) is 0 Å². The average molecular weight is 444 g/mol. The van der Waals surface area contributed by atoms with Crippen molar-refractivity contribution in [3.8, 4) is 5.75 Å². The molecule has 2 rings (SSSR count). The summed E-state index contributed by atoms with van der Waals surface area (Å²) in [6.07, 6.45) is 0.442. The fraction of sp³-hybridized carbons (Fsp3) is 0.300. The Morgan fingerprint density at radius 1 is 1.11 bits per heavy atom. The van der Waals surface area contributed by atoms with Crippen LogP contribution in [-0.2, 0) is 16.1 Å². The molecule has 1 atom stereocenters. The minimum Gasteiger partial charge on any atom is -0.482 e. The third kappa shape index (κ3) is 5.77. The van der Waals surface area contributed by atoms with E-state index in [-0.39, 0.29) is 25.0 Å². The van der Waals surface area contributed by atoms with Crippen LogP contribution in [-0.4, -0.2) is 36.4 Å². The van der Waals surface area contributed by atoms with Crippen molar-refractivity contribution >= 4 is 46.6 Å². The number of likely N-dealkylation sites (N-methyl/N-ethyl adjacent to an activating group) is 1. The summed E-state index contributed by atoms with van der Waals surface area (Å²) in [4.78, 5) is 26.7. The number of nitrogens with one attached hydrogen (secondary N) is 1. The molecule has 28 heavy (non-hydrogen) atoms. The molecule has 2 aromatic rings.